The number of amides is 1. The monoisotopic (exact) mass is 348 g/mol. The van der Waals surface area contributed by atoms with E-state index in [0.29, 0.717) is 5.56 Å². The summed E-state index contributed by atoms with van der Waals surface area (Å²) in [7, 11) is 1.90. The van der Waals surface area contributed by atoms with E-state index in [1.54, 1.807) is 12.1 Å². The first-order valence-electron chi connectivity index (χ1n) is 7.09. The Morgan fingerprint density at radius 1 is 1.00 bits per heavy atom. The number of benzene rings is 1. The standard InChI is InChI=1S/C16H20N6O.ClH/c1-9-10(2)20-14(11(3)19-9)22(4)13-7-5-12(6-8-13)15(23)21-16(17)18;/h5-8H,1-4H3,(H4,17,18,21,23);1H. The summed E-state index contributed by atoms with van der Waals surface area (Å²) in [4.78, 5) is 26.3. The fraction of sp³-hybridized carbons (Fsp3) is 0.250. The molecule has 0 saturated heterocycles. The lowest BCUT2D eigenvalue weighted by molar-refractivity contribution is 0.100. The highest BCUT2D eigenvalue weighted by atomic mass is 35.5. The number of aryl methyl sites for hydroxylation is 3. The fourth-order valence-corrected chi connectivity index (χ4v) is 2.15. The maximum atomic E-state index is 11.8. The van der Waals surface area contributed by atoms with Gasteiger partial charge in [0, 0.05) is 18.3 Å². The van der Waals surface area contributed by atoms with Gasteiger partial charge in [-0.25, -0.2) is 4.98 Å². The normalized spacial score (nSPS) is 9.83. The minimum atomic E-state index is -0.471. The molecule has 128 valence electrons. The van der Waals surface area contributed by atoms with Gasteiger partial charge in [-0.05, 0) is 45.0 Å². The third-order valence-corrected chi connectivity index (χ3v) is 3.51. The molecule has 1 heterocycles. The number of aromatic nitrogens is 2. The molecule has 0 bridgehead atoms. The van der Waals surface area contributed by atoms with Gasteiger partial charge in [0.25, 0.3) is 5.91 Å². The van der Waals surface area contributed by atoms with Gasteiger partial charge in [0.15, 0.2) is 11.8 Å². The number of halogens is 1. The Bertz CT molecular complexity index is 769. The molecule has 4 N–H and O–H groups in total. The molecule has 1 amide bonds. The maximum Gasteiger partial charge on any atom is 0.280 e. The fourth-order valence-electron chi connectivity index (χ4n) is 2.15. The maximum absolute atomic E-state index is 11.8. The number of hydrogen-bond donors (Lipinski definition) is 2. The van der Waals surface area contributed by atoms with Gasteiger partial charge in [-0.3, -0.25) is 9.78 Å². The van der Waals surface area contributed by atoms with E-state index in [0.717, 1.165) is 28.6 Å². The van der Waals surface area contributed by atoms with Crippen LogP contribution in [0.1, 0.15) is 27.4 Å². The second-order valence-corrected chi connectivity index (χ2v) is 5.25. The average Bonchev–Trinajstić information content (AvgIpc) is 2.49. The molecule has 0 fully saturated rings. The highest BCUT2D eigenvalue weighted by Gasteiger charge is 2.12. The van der Waals surface area contributed by atoms with Gasteiger partial charge in [0.2, 0.25) is 0 Å². The number of carbonyl (C=O) groups is 1. The highest BCUT2D eigenvalue weighted by molar-refractivity contribution is 6.02. The van der Waals surface area contributed by atoms with Gasteiger partial charge in [0.05, 0.1) is 17.1 Å². The molecule has 7 nitrogen and oxygen atoms in total. The first kappa shape index (κ1) is 19.4. The van der Waals surface area contributed by atoms with Crippen molar-refractivity contribution < 1.29 is 4.79 Å². The number of aliphatic imine (C=N–C) groups is 1. The number of nitrogens with two attached hydrogens (primary N) is 2. The Morgan fingerprint density at radius 2 is 1.54 bits per heavy atom. The molecule has 2 rings (SSSR count). The van der Waals surface area contributed by atoms with Crippen LogP contribution < -0.4 is 16.4 Å². The summed E-state index contributed by atoms with van der Waals surface area (Å²) in [5.74, 6) is 0.0509. The van der Waals surface area contributed by atoms with Crippen LogP contribution in [0.5, 0.6) is 0 Å². The Hall–Kier alpha value is -2.67. The van der Waals surface area contributed by atoms with Gasteiger partial charge in [-0.1, -0.05) is 0 Å². The van der Waals surface area contributed by atoms with Crippen LogP contribution in [0.25, 0.3) is 0 Å². The molecule has 0 spiro atoms. The van der Waals surface area contributed by atoms with Crippen molar-refractivity contribution in [1.29, 1.82) is 0 Å². The van der Waals surface area contributed by atoms with Crippen LogP contribution >= 0.6 is 12.4 Å². The molecule has 8 heteroatoms. The van der Waals surface area contributed by atoms with Crippen molar-refractivity contribution in [2.45, 2.75) is 20.8 Å². The van der Waals surface area contributed by atoms with Crippen LogP contribution in [0.3, 0.4) is 0 Å². The van der Waals surface area contributed by atoms with E-state index in [-0.39, 0.29) is 18.4 Å². The lowest BCUT2D eigenvalue weighted by atomic mass is 10.2. The van der Waals surface area contributed by atoms with E-state index in [4.69, 9.17) is 11.5 Å². The van der Waals surface area contributed by atoms with Crippen molar-refractivity contribution in [2.75, 3.05) is 11.9 Å². The highest BCUT2D eigenvalue weighted by Crippen LogP contribution is 2.25. The minimum Gasteiger partial charge on any atom is -0.370 e. The lowest BCUT2D eigenvalue weighted by Crippen LogP contribution is -2.24. The van der Waals surface area contributed by atoms with Gasteiger partial charge in [0.1, 0.15) is 0 Å². The van der Waals surface area contributed by atoms with E-state index in [9.17, 15) is 4.79 Å². The summed E-state index contributed by atoms with van der Waals surface area (Å²) in [5, 5.41) is 0. The van der Waals surface area contributed by atoms with Gasteiger partial charge in [-0.2, -0.15) is 4.99 Å². The first-order chi connectivity index (χ1) is 10.8. The molecule has 0 aliphatic carbocycles. The number of rotatable bonds is 3. The number of anilines is 2. The molecule has 0 radical (unpaired) electrons. The zero-order chi connectivity index (χ0) is 17.1. The topological polar surface area (TPSA) is 110 Å². The van der Waals surface area contributed by atoms with Crippen LogP contribution in [-0.4, -0.2) is 28.9 Å². The van der Waals surface area contributed by atoms with Crippen molar-refractivity contribution in [1.82, 2.24) is 9.97 Å². The average molecular weight is 349 g/mol. The second kappa shape index (κ2) is 7.74. The summed E-state index contributed by atoms with van der Waals surface area (Å²) in [6.07, 6.45) is 0. The van der Waals surface area contributed by atoms with Crippen molar-refractivity contribution in [3.63, 3.8) is 0 Å². The van der Waals surface area contributed by atoms with Crippen LogP contribution in [0.2, 0.25) is 0 Å². The minimum absolute atomic E-state index is 0. The van der Waals surface area contributed by atoms with Crippen LogP contribution in [-0.2, 0) is 0 Å². The summed E-state index contributed by atoms with van der Waals surface area (Å²) in [5.41, 5.74) is 14.4. The largest absolute Gasteiger partial charge is 0.370 e. The van der Waals surface area contributed by atoms with Gasteiger partial charge < -0.3 is 16.4 Å². The Balaban J connectivity index is 0.00000288. The molecule has 0 aliphatic heterocycles. The van der Waals surface area contributed by atoms with Crippen molar-refractivity contribution in [3.8, 4) is 0 Å². The van der Waals surface area contributed by atoms with E-state index < -0.39 is 5.91 Å². The molecule has 0 atom stereocenters. The predicted octanol–water partition coefficient (Wildman–Crippen LogP) is 2.01. The zero-order valence-corrected chi connectivity index (χ0v) is 14.9. The zero-order valence-electron chi connectivity index (χ0n) is 14.1. The van der Waals surface area contributed by atoms with E-state index in [2.05, 4.69) is 15.0 Å². The third kappa shape index (κ3) is 4.20. The quantitative estimate of drug-likeness (QED) is 0.648. The first-order valence-corrected chi connectivity index (χ1v) is 7.09. The molecule has 0 unspecified atom stereocenters. The molecule has 24 heavy (non-hydrogen) atoms. The van der Waals surface area contributed by atoms with Crippen LogP contribution in [0.15, 0.2) is 29.3 Å². The summed E-state index contributed by atoms with van der Waals surface area (Å²) < 4.78 is 0. The van der Waals surface area contributed by atoms with Gasteiger partial charge >= 0.3 is 0 Å². The van der Waals surface area contributed by atoms with Crippen LogP contribution in [0, 0.1) is 20.8 Å². The smallest absolute Gasteiger partial charge is 0.280 e. The third-order valence-electron chi connectivity index (χ3n) is 3.51. The second-order valence-electron chi connectivity index (χ2n) is 5.25. The lowest BCUT2D eigenvalue weighted by Gasteiger charge is -2.21. The number of hydrogen-bond acceptors (Lipinski definition) is 4. The molecule has 1 aromatic carbocycles. The Morgan fingerprint density at radius 3 is 2.08 bits per heavy atom. The van der Waals surface area contributed by atoms with E-state index in [1.807, 2.05) is 44.9 Å². The molecule has 0 saturated carbocycles. The molecule has 0 aliphatic rings. The predicted molar refractivity (Wildman–Crippen MR) is 98.1 cm³/mol. The van der Waals surface area contributed by atoms with Crippen LogP contribution in [0.4, 0.5) is 11.5 Å². The molecule has 1 aromatic heterocycles. The Labute approximate surface area is 147 Å². The molecular formula is C16H21ClN6O. The summed E-state index contributed by atoms with van der Waals surface area (Å²) in [6, 6.07) is 6.96. The Kier molecular flexibility index (Phi) is 6.25. The van der Waals surface area contributed by atoms with Crippen molar-refractivity contribution in [2.24, 2.45) is 16.5 Å². The number of nitrogens with zero attached hydrogens (tertiary/aromatic N) is 4. The van der Waals surface area contributed by atoms with Crippen molar-refractivity contribution >= 4 is 35.8 Å². The molecular weight excluding hydrogens is 328 g/mol. The SMILES string of the molecule is Cc1nc(C)c(N(C)c2ccc(C(=O)N=C(N)N)cc2)nc1C.Cl. The van der Waals surface area contributed by atoms with Crippen molar-refractivity contribution in [3.05, 3.63) is 46.9 Å². The summed E-state index contributed by atoms with van der Waals surface area (Å²) in [6.45, 7) is 5.78. The van der Waals surface area contributed by atoms with E-state index >= 15 is 0 Å². The number of carbonyl (C=O) groups excluding carboxylic acids is 1. The molecule has 2 aromatic rings. The number of guanidine groups is 1. The van der Waals surface area contributed by atoms with E-state index in [1.165, 1.54) is 0 Å². The van der Waals surface area contributed by atoms with Gasteiger partial charge in [-0.15, -0.1) is 12.4 Å². The summed E-state index contributed by atoms with van der Waals surface area (Å²) >= 11 is 0.